The molecule has 0 radical (unpaired) electrons. The monoisotopic (exact) mass is 282 g/mol. The van der Waals surface area contributed by atoms with E-state index in [9.17, 15) is 9.59 Å². The number of aliphatic hydroxyl groups is 4. The topological polar surface area (TPSA) is 156 Å². The standard InChI is InChI=1S/C6H12O4.C5H10O4/c1-6(10,2-3-7)4-5(8)9;6-2-1-4(7)3-5(8)9/h7,10H,2-4H2,1H3,(H,8,9);4,6-7H,1-3H2,(H,8,9)/t6-;/m1./s1. The molecule has 0 amide bonds. The zero-order chi connectivity index (χ0) is 15.5. The van der Waals surface area contributed by atoms with Crippen LogP contribution in [0.1, 0.15) is 32.6 Å². The Morgan fingerprint density at radius 1 is 1.11 bits per heavy atom. The fourth-order valence-electron chi connectivity index (χ4n) is 1.11. The van der Waals surface area contributed by atoms with Crippen LogP contribution in [0.2, 0.25) is 0 Å². The zero-order valence-corrected chi connectivity index (χ0v) is 10.8. The van der Waals surface area contributed by atoms with E-state index in [0.29, 0.717) is 0 Å². The van der Waals surface area contributed by atoms with Gasteiger partial charge in [-0.15, -0.1) is 0 Å². The van der Waals surface area contributed by atoms with Gasteiger partial charge in [-0.2, -0.15) is 0 Å². The van der Waals surface area contributed by atoms with Gasteiger partial charge in [0.25, 0.3) is 0 Å². The summed E-state index contributed by atoms with van der Waals surface area (Å²) in [5.41, 5.74) is -1.28. The lowest BCUT2D eigenvalue weighted by Crippen LogP contribution is -2.28. The van der Waals surface area contributed by atoms with Crippen molar-refractivity contribution in [1.82, 2.24) is 0 Å². The first-order valence-corrected chi connectivity index (χ1v) is 5.70. The van der Waals surface area contributed by atoms with Crippen LogP contribution < -0.4 is 0 Å². The smallest absolute Gasteiger partial charge is 0.306 e. The average molecular weight is 282 g/mol. The fourth-order valence-corrected chi connectivity index (χ4v) is 1.11. The SMILES string of the molecule is C[C@@](O)(CCO)CC(=O)O.O=C(O)CC(O)CCO. The summed E-state index contributed by atoms with van der Waals surface area (Å²) >= 11 is 0. The van der Waals surface area contributed by atoms with Gasteiger partial charge in [-0.3, -0.25) is 9.59 Å². The van der Waals surface area contributed by atoms with Gasteiger partial charge in [-0.25, -0.2) is 0 Å². The van der Waals surface area contributed by atoms with Crippen LogP contribution in [0.15, 0.2) is 0 Å². The van der Waals surface area contributed by atoms with E-state index in [-0.39, 0.29) is 38.9 Å². The highest BCUT2D eigenvalue weighted by Gasteiger charge is 2.22. The maximum absolute atomic E-state index is 10.0. The van der Waals surface area contributed by atoms with Crippen molar-refractivity contribution >= 4 is 11.9 Å². The molecular weight excluding hydrogens is 260 g/mol. The highest BCUT2D eigenvalue weighted by atomic mass is 16.4. The molecule has 0 spiro atoms. The molecule has 0 aliphatic carbocycles. The summed E-state index contributed by atoms with van der Waals surface area (Å²) < 4.78 is 0. The van der Waals surface area contributed by atoms with Crippen LogP contribution >= 0.6 is 0 Å². The molecule has 19 heavy (non-hydrogen) atoms. The van der Waals surface area contributed by atoms with Crippen LogP contribution in [-0.2, 0) is 9.59 Å². The molecule has 0 aliphatic heterocycles. The Morgan fingerprint density at radius 3 is 1.95 bits per heavy atom. The number of rotatable bonds is 8. The summed E-state index contributed by atoms with van der Waals surface area (Å²) in [6, 6.07) is 0. The third-order valence-electron chi connectivity index (χ3n) is 2.06. The minimum atomic E-state index is -1.28. The average Bonchev–Trinajstić information content (AvgIpc) is 2.14. The highest BCUT2D eigenvalue weighted by molar-refractivity contribution is 5.68. The molecule has 0 rings (SSSR count). The van der Waals surface area contributed by atoms with Gasteiger partial charge in [0.1, 0.15) is 0 Å². The van der Waals surface area contributed by atoms with Crippen molar-refractivity contribution in [3.8, 4) is 0 Å². The highest BCUT2D eigenvalue weighted by Crippen LogP contribution is 2.12. The number of aliphatic hydroxyl groups excluding tert-OH is 3. The molecule has 2 atom stereocenters. The number of carbonyl (C=O) groups is 2. The summed E-state index contributed by atoms with van der Waals surface area (Å²) in [6.45, 7) is 1.02. The molecule has 8 nitrogen and oxygen atoms in total. The van der Waals surface area contributed by atoms with Gasteiger partial charge >= 0.3 is 11.9 Å². The predicted octanol–water partition coefficient (Wildman–Crippen LogP) is -1.20. The number of carboxylic acid groups (broad SMARTS) is 2. The van der Waals surface area contributed by atoms with E-state index in [1.165, 1.54) is 6.92 Å². The molecule has 0 bridgehead atoms. The first kappa shape index (κ1) is 20.1. The van der Waals surface area contributed by atoms with Crippen molar-refractivity contribution in [3.63, 3.8) is 0 Å². The summed E-state index contributed by atoms with van der Waals surface area (Å²) in [6.07, 6.45) is -1.30. The van der Waals surface area contributed by atoms with E-state index < -0.39 is 23.6 Å². The van der Waals surface area contributed by atoms with E-state index in [1.54, 1.807) is 0 Å². The molecule has 1 unspecified atom stereocenters. The molecule has 0 aromatic carbocycles. The Hall–Kier alpha value is -1.22. The van der Waals surface area contributed by atoms with Crippen molar-refractivity contribution in [2.75, 3.05) is 13.2 Å². The Balaban J connectivity index is 0. The Morgan fingerprint density at radius 2 is 1.63 bits per heavy atom. The molecule has 0 saturated carbocycles. The van der Waals surface area contributed by atoms with Gasteiger partial charge in [0.2, 0.25) is 0 Å². The second kappa shape index (κ2) is 10.7. The van der Waals surface area contributed by atoms with E-state index in [1.807, 2.05) is 0 Å². The van der Waals surface area contributed by atoms with Crippen LogP contribution in [-0.4, -0.2) is 67.5 Å². The van der Waals surface area contributed by atoms with Crippen LogP contribution in [0, 0.1) is 0 Å². The molecule has 0 saturated heterocycles. The van der Waals surface area contributed by atoms with Gasteiger partial charge in [-0.05, 0) is 19.8 Å². The van der Waals surface area contributed by atoms with Crippen molar-refractivity contribution in [3.05, 3.63) is 0 Å². The van der Waals surface area contributed by atoms with E-state index in [2.05, 4.69) is 0 Å². The van der Waals surface area contributed by atoms with E-state index in [0.717, 1.165) is 0 Å². The lowest BCUT2D eigenvalue weighted by molar-refractivity contribution is -0.142. The minimum absolute atomic E-state index is 0.0965. The summed E-state index contributed by atoms with van der Waals surface area (Å²) in [5, 5.41) is 50.7. The van der Waals surface area contributed by atoms with Crippen LogP contribution in [0.5, 0.6) is 0 Å². The van der Waals surface area contributed by atoms with Gasteiger partial charge in [0, 0.05) is 13.2 Å². The fraction of sp³-hybridized carbons (Fsp3) is 0.818. The first-order chi connectivity index (χ1) is 8.64. The molecule has 0 aromatic rings. The zero-order valence-electron chi connectivity index (χ0n) is 10.8. The Labute approximate surface area is 110 Å². The van der Waals surface area contributed by atoms with Crippen molar-refractivity contribution in [2.24, 2.45) is 0 Å². The number of aliphatic carboxylic acids is 2. The van der Waals surface area contributed by atoms with Gasteiger partial charge in [-0.1, -0.05) is 0 Å². The van der Waals surface area contributed by atoms with Crippen molar-refractivity contribution < 1.29 is 40.2 Å². The molecule has 0 fully saturated rings. The second-order valence-electron chi connectivity index (χ2n) is 4.31. The second-order valence-corrected chi connectivity index (χ2v) is 4.31. The maximum atomic E-state index is 10.0. The normalized spacial score (nSPS) is 14.8. The Bertz CT molecular complexity index is 263. The summed E-state index contributed by atoms with van der Waals surface area (Å²) in [4.78, 5) is 19.9. The molecule has 6 N–H and O–H groups in total. The first-order valence-electron chi connectivity index (χ1n) is 5.70. The van der Waals surface area contributed by atoms with Crippen LogP contribution in [0.4, 0.5) is 0 Å². The number of hydrogen-bond donors (Lipinski definition) is 6. The van der Waals surface area contributed by atoms with Crippen molar-refractivity contribution in [1.29, 1.82) is 0 Å². The predicted molar refractivity (Wildman–Crippen MR) is 64.5 cm³/mol. The maximum Gasteiger partial charge on any atom is 0.306 e. The van der Waals surface area contributed by atoms with E-state index in [4.69, 9.17) is 30.6 Å². The summed E-state index contributed by atoms with van der Waals surface area (Å²) in [7, 11) is 0. The van der Waals surface area contributed by atoms with Gasteiger partial charge in [0.15, 0.2) is 0 Å². The van der Waals surface area contributed by atoms with Crippen molar-refractivity contribution in [2.45, 2.75) is 44.3 Å². The van der Waals surface area contributed by atoms with Crippen LogP contribution in [0.3, 0.4) is 0 Å². The summed E-state index contributed by atoms with van der Waals surface area (Å²) in [5.74, 6) is -2.10. The lowest BCUT2D eigenvalue weighted by atomic mass is 9.99. The molecule has 114 valence electrons. The third-order valence-corrected chi connectivity index (χ3v) is 2.06. The molecular formula is C11H22O8. The number of carboxylic acids is 2. The molecule has 8 heteroatoms. The number of hydrogen-bond acceptors (Lipinski definition) is 6. The van der Waals surface area contributed by atoms with Gasteiger partial charge < -0.3 is 30.6 Å². The lowest BCUT2D eigenvalue weighted by Gasteiger charge is -2.18. The van der Waals surface area contributed by atoms with Gasteiger partial charge in [0.05, 0.1) is 24.5 Å². The molecule has 0 heterocycles. The van der Waals surface area contributed by atoms with E-state index >= 15 is 0 Å². The third kappa shape index (κ3) is 16.8. The van der Waals surface area contributed by atoms with Crippen LogP contribution in [0.25, 0.3) is 0 Å². The molecule has 0 aliphatic rings. The largest absolute Gasteiger partial charge is 0.481 e. The Kier molecular flexibility index (Phi) is 11.3. The molecule has 0 aromatic heterocycles. The quantitative estimate of drug-likeness (QED) is 0.324. The minimum Gasteiger partial charge on any atom is -0.481 e.